The fourth-order valence-corrected chi connectivity index (χ4v) is 2.82. The van der Waals surface area contributed by atoms with Crippen LogP contribution in [0.4, 0.5) is 5.69 Å². The Balaban J connectivity index is 1.98. The number of hydrogen-bond acceptors (Lipinski definition) is 6. The SMILES string of the molecule is COc1cc(C(=O)OCC(=O)c2ccc(NC(=O)CC(C)C)cc2)cc(OC)c1C. The highest BCUT2D eigenvalue weighted by atomic mass is 16.5. The molecule has 0 aliphatic rings. The van der Waals surface area contributed by atoms with Gasteiger partial charge in [0, 0.05) is 23.2 Å². The minimum atomic E-state index is -0.655. The van der Waals surface area contributed by atoms with E-state index >= 15 is 0 Å². The number of ketones is 1. The van der Waals surface area contributed by atoms with Gasteiger partial charge in [0.15, 0.2) is 12.4 Å². The summed E-state index contributed by atoms with van der Waals surface area (Å²) in [6.07, 6.45) is 0.422. The van der Waals surface area contributed by atoms with Crippen LogP contribution in [0.2, 0.25) is 0 Å². The van der Waals surface area contributed by atoms with E-state index in [1.54, 1.807) is 36.4 Å². The summed E-state index contributed by atoms with van der Waals surface area (Å²) in [6, 6.07) is 9.53. The van der Waals surface area contributed by atoms with Crippen molar-refractivity contribution >= 4 is 23.3 Å². The van der Waals surface area contributed by atoms with E-state index in [1.807, 2.05) is 20.8 Å². The summed E-state index contributed by atoms with van der Waals surface area (Å²) >= 11 is 0. The summed E-state index contributed by atoms with van der Waals surface area (Å²) in [5.41, 5.74) is 1.97. The first-order valence-corrected chi connectivity index (χ1v) is 9.58. The van der Waals surface area contributed by atoms with Crippen molar-refractivity contribution in [1.82, 2.24) is 0 Å². The smallest absolute Gasteiger partial charge is 0.338 e. The summed E-state index contributed by atoms with van der Waals surface area (Å²) < 4.78 is 15.6. The first-order valence-electron chi connectivity index (χ1n) is 9.58. The molecule has 2 aromatic rings. The molecule has 7 heteroatoms. The van der Waals surface area contributed by atoms with Crippen molar-refractivity contribution in [2.24, 2.45) is 5.92 Å². The van der Waals surface area contributed by atoms with E-state index in [2.05, 4.69) is 5.32 Å². The molecule has 0 unspecified atom stereocenters. The average molecular weight is 413 g/mol. The van der Waals surface area contributed by atoms with Crippen molar-refractivity contribution in [3.63, 3.8) is 0 Å². The lowest BCUT2D eigenvalue weighted by Gasteiger charge is -2.12. The number of carbonyl (C=O) groups excluding carboxylic acids is 3. The van der Waals surface area contributed by atoms with Crippen molar-refractivity contribution in [1.29, 1.82) is 0 Å². The maximum absolute atomic E-state index is 12.4. The molecule has 0 spiro atoms. The maximum atomic E-state index is 12.4. The number of Topliss-reactive ketones (excluding diaryl/α,β-unsaturated/α-hetero) is 1. The molecule has 0 aromatic heterocycles. The molecule has 2 rings (SSSR count). The van der Waals surface area contributed by atoms with Crippen LogP contribution in [0.25, 0.3) is 0 Å². The minimum Gasteiger partial charge on any atom is -0.496 e. The van der Waals surface area contributed by atoms with Gasteiger partial charge in [0.05, 0.1) is 19.8 Å². The van der Waals surface area contributed by atoms with Crippen molar-refractivity contribution in [2.75, 3.05) is 26.1 Å². The zero-order valence-corrected chi connectivity index (χ0v) is 17.9. The van der Waals surface area contributed by atoms with Crippen LogP contribution < -0.4 is 14.8 Å². The molecule has 160 valence electrons. The molecule has 0 saturated carbocycles. The van der Waals surface area contributed by atoms with Crippen LogP contribution in [0.15, 0.2) is 36.4 Å². The molecule has 2 aromatic carbocycles. The minimum absolute atomic E-state index is 0.0815. The molecule has 0 aliphatic heterocycles. The van der Waals surface area contributed by atoms with Gasteiger partial charge in [-0.3, -0.25) is 9.59 Å². The number of ether oxygens (including phenoxy) is 3. The highest BCUT2D eigenvalue weighted by Crippen LogP contribution is 2.29. The van der Waals surface area contributed by atoms with Crippen LogP contribution in [0.5, 0.6) is 11.5 Å². The molecule has 0 aliphatic carbocycles. The summed E-state index contributed by atoms with van der Waals surface area (Å²) in [4.78, 5) is 36.5. The second-order valence-corrected chi connectivity index (χ2v) is 7.23. The van der Waals surface area contributed by atoms with Crippen molar-refractivity contribution in [3.05, 3.63) is 53.1 Å². The number of esters is 1. The fourth-order valence-electron chi connectivity index (χ4n) is 2.82. The second-order valence-electron chi connectivity index (χ2n) is 7.23. The third kappa shape index (κ3) is 6.07. The van der Waals surface area contributed by atoms with Crippen LogP contribution in [0, 0.1) is 12.8 Å². The lowest BCUT2D eigenvalue weighted by molar-refractivity contribution is -0.116. The van der Waals surface area contributed by atoms with E-state index in [1.165, 1.54) is 14.2 Å². The van der Waals surface area contributed by atoms with Crippen molar-refractivity contribution in [3.8, 4) is 11.5 Å². The Morgan fingerprint density at radius 1 is 0.933 bits per heavy atom. The first kappa shape index (κ1) is 22.9. The zero-order chi connectivity index (χ0) is 22.3. The number of methoxy groups -OCH3 is 2. The predicted octanol–water partition coefficient (Wildman–Crippen LogP) is 4.04. The van der Waals surface area contributed by atoms with E-state index in [0.29, 0.717) is 29.2 Å². The second kappa shape index (κ2) is 10.4. The molecule has 0 saturated heterocycles. The van der Waals surface area contributed by atoms with Crippen molar-refractivity contribution < 1.29 is 28.6 Å². The van der Waals surface area contributed by atoms with E-state index in [0.717, 1.165) is 5.56 Å². The molecule has 0 bridgehead atoms. The number of benzene rings is 2. The van der Waals surface area contributed by atoms with Gasteiger partial charge in [-0.1, -0.05) is 13.8 Å². The summed E-state index contributed by atoms with van der Waals surface area (Å²) in [7, 11) is 2.99. The van der Waals surface area contributed by atoms with Gasteiger partial charge in [-0.15, -0.1) is 0 Å². The Kier molecular flexibility index (Phi) is 7.98. The molecule has 0 atom stereocenters. The Labute approximate surface area is 176 Å². The average Bonchev–Trinajstić information content (AvgIpc) is 2.71. The standard InChI is InChI=1S/C23H27NO6/c1-14(2)10-22(26)24-18-8-6-16(7-9-18)19(25)13-30-23(27)17-11-20(28-4)15(3)21(12-17)29-5/h6-9,11-12,14H,10,13H2,1-5H3,(H,24,26). The number of rotatable bonds is 9. The lowest BCUT2D eigenvalue weighted by atomic mass is 10.1. The Hall–Kier alpha value is -3.35. The molecule has 0 radical (unpaired) electrons. The van der Waals surface area contributed by atoms with Crippen LogP contribution in [-0.2, 0) is 9.53 Å². The molecule has 0 heterocycles. The predicted molar refractivity (Wildman–Crippen MR) is 113 cm³/mol. The molecule has 7 nitrogen and oxygen atoms in total. The molecule has 1 amide bonds. The van der Waals surface area contributed by atoms with Crippen molar-refractivity contribution in [2.45, 2.75) is 27.2 Å². The fraction of sp³-hybridized carbons (Fsp3) is 0.348. The first-order chi connectivity index (χ1) is 14.2. The van der Waals surface area contributed by atoms with Gasteiger partial charge in [-0.05, 0) is 49.2 Å². The molecular formula is C23H27NO6. The van der Waals surface area contributed by atoms with Crippen LogP contribution in [0.3, 0.4) is 0 Å². The van der Waals surface area contributed by atoms with Gasteiger partial charge in [0.25, 0.3) is 0 Å². The van der Waals surface area contributed by atoms with Gasteiger partial charge in [0.2, 0.25) is 5.91 Å². The molecule has 30 heavy (non-hydrogen) atoms. The highest BCUT2D eigenvalue weighted by Gasteiger charge is 2.16. The Bertz CT molecular complexity index is 893. The zero-order valence-electron chi connectivity index (χ0n) is 17.9. The summed E-state index contributed by atoms with van der Waals surface area (Å²) in [6.45, 7) is 5.33. The van der Waals surface area contributed by atoms with E-state index in [9.17, 15) is 14.4 Å². The third-order valence-corrected chi connectivity index (χ3v) is 4.41. The third-order valence-electron chi connectivity index (χ3n) is 4.41. The van der Waals surface area contributed by atoms with E-state index in [4.69, 9.17) is 14.2 Å². The highest BCUT2D eigenvalue weighted by molar-refractivity contribution is 6.00. The molecule has 1 N–H and O–H groups in total. The van der Waals surface area contributed by atoms with Crippen LogP contribution >= 0.6 is 0 Å². The van der Waals surface area contributed by atoms with Gasteiger partial charge in [-0.25, -0.2) is 4.79 Å². The molecular weight excluding hydrogens is 386 g/mol. The summed E-state index contributed by atoms with van der Waals surface area (Å²) in [5, 5.41) is 2.78. The number of nitrogens with one attached hydrogen (secondary N) is 1. The number of amides is 1. The van der Waals surface area contributed by atoms with Gasteiger partial charge in [-0.2, -0.15) is 0 Å². The Morgan fingerprint density at radius 2 is 1.50 bits per heavy atom. The topological polar surface area (TPSA) is 90.9 Å². The van der Waals surface area contributed by atoms with Crippen LogP contribution in [-0.4, -0.2) is 38.5 Å². The number of anilines is 1. The largest absolute Gasteiger partial charge is 0.496 e. The maximum Gasteiger partial charge on any atom is 0.338 e. The lowest BCUT2D eigenvalue weighted by Crippen LogP contribution is -2.15. The summed E-state index contributed by atoms with van der Waals surface area (Å²) in [5.74, 6) is 0.147. The van der Waals surface area contributed by atoms with Gasteiger partial charge in [0.1, 0.15) is 11.5 Å². The number of hydrogen-bond donors (Lipinski definition) is 1. The Morgan fingerprint density at radius 3 is 2.00 bits per heavy atom. The van der Waals surface area contributed by atoms with Gasteiger partial charge >= 0.3 is 5.97 Å². The van der Waals surface area contributed by atoms with Gasteiger partial charge < -0.3 is 19.5 Å². The quantitative estimate of drug-likeness (QED) is 0.493. The number of carbonyl (C=O) groups is 3. The molecule has 0 fully saturated rings. The van der Waals surface area contributed by atoms with Crippen LogP contribution in [0.1, 0.15) is 46.5 Å². The van der Waals surface area contributed by atoms with E-state index in [-0.39, 0.29) is 23.2 Å². The normalized spacial score (nSPS) is 10.5. The van der Waals surface area contributed by atoms with E-state index < -0.39 is 12.6 Å². The monoisotopic (exact) mass is 413 g/mol.